The number of nitrogens with one attached hydrogen (secondary N) is 2. The fourth-order valence-electron chi connectivity index (χ4n) is 2.96. The SMILES string of the molecule is CCNC(=O)Nc1ccc2c(c1)CN(S(=O)(=O)c1c(C)noc1C)CCO2. The molecule has 0 saturated heterocycles. The molecule has 2 amide bonds. The van der Waals surface area contributed by atoms with Crippen molar-refractivity contribution in [1.82, 2.24) is 14.8 Å². The lowest BCUT2D eigenvalue weighted by Gasteiger charge is -2.19. The van der Waals surface area contributed by atoms with E-state index >= 15 is 0 Å². The number of aromatic nitrogens is 1. The first-order valence-corrected chi connectivity index (χ1v) is 10.0. The molecule has 2 aromatic rings. The number of fused-ring (bicyclic) bond motifs is 1. The van der Waals surface area contributed by atoms with Crippen LogP contribution in [0.15, 0.2) is 27.6 Å². The van der Waals surface area contributed by atoms with E-state index in [0.717, 1.165) is 0 Å². The summed E-state index contributed by atoms with van der Waals surface area (Å²) in [5.74, 6) is 0.845. The number of hydrogen-bond donors (Lipinski definition) is 2. The quantitative estimate of drug-likeness (QED) is 0.820. The van der Waals surface area contributed by atoms with Crippen LogP contribution in [-0.4, -0.2) is 43.6 Å². The van der Waals surface area contributed by atoms with Crippen LogP contribution in [0, 0.1) is 13.8 Å². The van der Waals surface area contributed by atoms with Gasteiger partial charge in [-0.1, -0.05) is 5.16 Å². The van der Waals surface area contributed by atoms with Gasteiger partial charge in [0, 0.05) is 30.9 Å². The largest absolute Gasteiger partial charge is 0.492 e. The summed E-state index contributed by atoms with van der Waals surface area (Å²) < 4.78 is 38.2. The molecule has 146 valence electrons. The van der Waals surface area contributed by atoms with Gasteiger partial charge in [-0.05, 0) is 39.0 Å². The number of hydrogen-bond acceptors (Lipinski definition) is 6. The van der Waals surface area contributed by atoms with Crippen molar-refractivity contribution < 1.29 is 22.5 Å². The van der Waals surface area contributed by atoms with Crippen LogP contribution >= 0.6 is 0 Å². The molecule has 9 nitrogen and oxygen atoms in total. The summed E-state index contributed by atoms with van der Waals surface area (Å²) in [4.78, 5) is 11.8. The molecular weight excluding hydrogens is 372 g/mol. The molecule has 0 aliphatic carbocycles. The fraction of sp³-hybridized carbons (Fsp3) is 0.412. The number of anilines is 1. The van der Waals surface area contributed by atoms with E-state index in [9.17, 15) is 13.2 Å². The Morgan fingerprint density at radius 2 is 2.11 bits per heavy atom. The third kappa shape index (κ3) is 3.91. The zero-order valence-electron chi connectivity index (χ0n) is 15.4. The zero-order chi connectivity index (χ0) is 19.6. The number of amides is 2. The molecule has 0 saturated carbocycles. The minimum Gasteiger partial charge on any atom is -0.492 e. The number of urea groups is 1. The van der Waals surface area contributed by atoms with Gasteiger partial charge in [0.15, 0.2) is 5.76 Å². The minimum absolute atomic E-state index is 0.0857. The summed E-state index contributed by atoms with van der Waals surface area (Å²) >= 11 is 0. The van der Waals surface area contributed by atoms with E-state index in [0.29, 0.717) is 29.2 Å². The van der Waals surface area contributed by atoms with Crippen molar-refractivity contribution in [3.63, 3.8) is 0 Å². The molecule has 2 heterocycles. The Labute approximate surface area is 157 Å². The van der Waals surface area contributed by atoms with Gasteiger partial charge in [-0.15, -0.1) is 0 Å². The van der Waals surface area contributed by atoms with Crippen molar-refractivity contribution in [1.29, 1.82) is 0 Å². The summed E-state index contributed by atoms with van der Waals surface area (Å²) in [5, 5.41) is 9.10. The van der Waals surface area contributed by atoms with Crippen molar-refractivity contribution in [2.24, 2.45) is 0 Å². The third-order valence-corrected chi connectivity index (χ3v) is 6.26. The van der Waals surface area contributed by atoms with E-state index in [1.165, 1.54) is 4.31 Å². The van der Waals surface area contributed by atoms with E-state index < -0.39 is 10.0 Å². The molecule has 0 fully saturated rings. The molecule has 1 aliphatic rings. The van der Waals surface area contributed by atoms with E-state index in [1.807, 2.05) is 6.92 Å². The Morgan fingerprint density at radius 3 is 2.78 bits per heavy atom. The van der Waals surface area contributed by atoms with Crippen LogP contribution in [0.5, 0.6) is 5.75 Å². The van der Waals surface area contributed by atoms with Gasteiger partial charge in [-0.25, -0.2) is 13.2 Å². The van der Waals surface area contributed by atoms with Crippen LogP contribution in [0.3, 0.4) is 0 Å². The van der Waals surface area contributed by atoms with E-state index in [1.54, 1.807) is 32.0 Å². The van der Waals surface area contributed by atoms with Crippen molar-refractivity contribution in [2.75, 3.05) is 25.0 Å². The van der Waals surface area contributed by atoms with Crippen molar-refractivity contribution in [2.45, 2.75) is 32.2 Å². The number of sulfonamides is 1. The highest BCUT2D eigenvalue weighted by Gasteiger charge is 2.32. The normalized spacial score (nSPS) is 14.8. The number of rotatable bonds is 4. The number of benzene rings is 1. The van der Waals surface area contributed by atoms with Crippen LogP contribution in [-0.2, 0) is 16.6 Å². The van der Waals surface area contributed by atoms with Gasteiger partial charge in [0.1, 0.15) is 22.9 Å². The molecule has 0 spiro atoms. The fourth-order valence-corrected chi connectivity index (χ4v) is 4.65. The Kier molecular flexibility index (Phi) is 5.38. The van der Waals surface area contributed by atoms with Crippen LogP contribution in [0.25, 0.3) is 0 Å². The molecule has 0 bridgehead atoms. The Bertz CT molecular complexity index is 935. The van der Waals surface area contributed by atoms with Gasteiger partial charge in [0.2, 0.25) is 10.0 Å². The topological polar surface area (TPSA) is 114 Å². The molecule has 27 heavy (non-hydrogen) atoms. The highest BCUT2D eigenvalue weighted by atomic mass is 32.2. The summed E-state index contributed by atoms with van der Waals surface area (Å²) in [5.41, 5.74) is 1.54. The Balaban J connectivity index is 1.90. The highest BCUT2D eigenvalue weighted by molar-refractivity contribution is 7.89. The lowest BCUT2D eigenvalue weighted by Crippen LogP contribution is -2.33. The molecule has 3 rings (SSSR count). The molecule has 0 atom stereocenters. The standard InChI is InChI=1S/C17H22N4O5S/c1-4-18-17(22)19-14-5-6-15-13(9-14)10-21(7-8-25-15)27(23,24)16-11(2)20-26-12(16)3/h5-6,9H,4,7-8,10H2,1-3H3,(H2,18,19,22). The second kappa shape index (κ2) is 7.57. The molecule has 10 heteroatoms. The number of aryl methyl sites for hydroxylation is 2. The van der Waals surface area contributed by atoms with Gasteiger partial charge in [-0.2, -0.15) is 4.31 Å². The number of carbonyl (C=O) groups is 1. The summed E-state index contributed by atoms with van der Waals surface area (Å²) in [7, 11) is -3.79. The maximum Gasteiger partial charge on any atom is 0.319 e. The van der Waals surface area contributed by atoms with Crippen LogP contribution in [0.2, 0.25) is 0 Å². The average Bonchev–Trinajstić information content (AvgIpc) is 2.81. The second-order valence-electron chi connectivity index (χ2n) is 6.15. The van der Waals surface area contributed by atoms with E-state index in [-0.39, 0.29) is 36.4 Å². The second-order valence-corrected chi connectivity index (χ2v) is 8.02. The van der Waals surface area contributed by atoms with Crippen molar-refractivity contribution in [3.8, 4) is 5.75 Å². The number of ether oxygens (including phenoxy) is 1. The van der Waals surface area contributed by atoms with Crippen LogP contribution < -0.4 is 15.4 Å². The Hall–Kier alpha value is -2.59. The predicted molar refractivity (Wildman–Crippen MR) is 98.2 cm³/mol. The van der Waals surface area contributed by atoms with Gasteiger partial charge < -0.3 is 19.9 Å². The molecule has 2 N–H and O–H groups in total. The molecule has 0 unspecified atom stereocenters. The minimum atomic E-state index is -3.79. The Morgan fingerprint density at radius 1 is 1.33 bits per heavy atom. The number of carbonyl (C=O) groups excluding carboxylic acids is 1. The van der Waals surface area contributed by atoms with E-state index in [4.69, 9.17) is 9.26 Å². The van der Waals surface area contributed by atoms with Crippen molar-refractivity contribution >= 4 is 21.7 Å². The maximum atomic E-state index is 13.1. The third-order valence-electron chi connectivity index (χ3n) is 4.17. The summed E-state index contributed by atoms with van der Waals surface area (Å²) in [6.45, 7) is 6.03. The smallest absolute Gasteiger partial charge is 0.319 e. The lowest BCUT2D eigenvalue weighted by molar-refractivity contribution is 0.252. The van der Waals surface area contributed by atoms with Gasteiger partial charge >= 0.3 is 6.03 Å². The molecule has 1 aromatic heterocycles. The summed E-state index contributed by atoms with van der Waals surface area (Å²) in [6.07, 6.45) is 0. The van der Waals surface area contributed by atoms with E-state index in [2.05, 4.69) is 15.8 Å². The first-order chi connectivity index (χ1) is 12.8. The zero-order valence-corrected chi connectivity index (χ0v) is 16.2. The molecule has 0 radical (unpaired) electrons. The lowest BCUT2D eigenvalue weighted by atomic mass is 10.1. The molecule has 1 aromatic carbocycles. The van der Waals surface area contributed by atoms with Crippen LogP contribution in [0.4, 0.5) is 10.5 Å². The predicted octanol–water partition coefficient (Wildman–Crippen LogP) is 2.02. The molecular formula is C17H22N4O5S. The first kappa shape index (κ1) is 19.2. The first-order valence-electron chi connectivity index (χ1n) is 8.56. The van der Waals surface area contributed by atoms with Gasteiger partial charge in [-0.3, -0.25) is 0 Å². The monoisotopic (exact) mass is 394 g/mol. The summed E-state index contributed by atoms with van der Waals surface area (Å²) in [6, 6.07) is 4.83. The highest BCUT2D eigenvalue weighted by Crippen LogP contribution is 2.30. The van der Waals surface area contributed by atoms with Gasteiger partial charge in [0.05, 0.1) is 0 Å². The van der Waals surface area contributed by atoms with Crippen molar-refractivity contribution in [3.05, 3.63) is 35.2 Å². The average molecular weight is 394 g/mol. The molecule has 1 aliphatic heterocycles. The van der Waals surface area contributed by atoms with Crippen LogP contribution in [0.1, 0.15) is 23.9 Å². The van der Waals surface area contributed by atoms with Gasteiger partial charge in [0.25, 0.3) is 0 Å². The maximum absolute atomic E-state index is 13.1. The number of nitrogens with zero attached hydrogens (tertiary/aromatic N) is 2.